The highest BCUT2D eigenvalue weighted by molar-refractivity contribution is 5.58. The summed E-state index contributed by atoms with van der Waals surface area (Å²) >= 11 is 0. The number of ether oxygens (including phenoxy) is 1. The van der Waals surface area contributed by atoms with Crippen molar-refractivity contribution in [3.63, 3.8) is 0 Å². The number of aliphatic hydroxyl groups excluding tert-OH is 1. The van der Waals surface area contributed by atoms with Crippen molar-refractivity contribution < 1.29 is 9.84 Å². The van der Waals surface area contributed by atoms with E-state index in [1.165, 1.54) is 5.56 Å². The minimum atomic E-state index is 0.208. The number of hydrogen-bond acceptors (Lipinski definition) is 3. The molecule has 2 N–H and O–H groups in total. The molecule has 0 unspecified atom stereocenters. The second kappa shape index (κ2) is 6.38. The van der Waals surface area contributed by atoms with Crippen LogP contribution in [0.2, 0.25) is 0 Å². The normalized spacial score (nSPS) is 10.6. The van der Waals surface area contributed by atoms with Crippen LogP contribution in [0.15, 0.2) is 18.2 Å². The van der Waals surface area contributed by atoms with E-state index in [1.807, 2.05) is 6.07 Å². The van der Waals surface area contributed by atoms with Crippen molar-refractivity contribution in [1.82, 2.24) is 0 Å². The Bertz CT molecular complexity index is 324. The van der Waals surface area contributed by atoms with Gasteiger partial charge in [-0.25, -0.2) is 0 Å². The van der Waals surface area contributed by atoms with E-state index in [1.54, 1.807) is 7.11 Å². The zero-order chi connectivity index (χ0) is 12.0. The Morgan fingerprint density at radius 1 is 1.38 bits per heavy atom. The van der Waals surface area contributed by atoms with Crippen LogP contribution in [0.5, 0.6) is 5.75 Å². The summed E-state index contributed by atoms with van der Waals surface area (Å²) in [5.74, 6) is 1.37. The molecule has 0 aliphatic carbocycles. The van der Waals surface area contributed by atoms with E-state index in [2.05, 4.69) is 31.3 Å². The summed E-state index contributed by atoms with van der Waals surface area (Å²) < 4.78 is 5.34. The van der Waals surface area contributed by atoms with Gasteiger partial charge in [0.25, 0.3) is 0 Å². The molecule has 0 bridgehead atoms. The van der Waals surface area contributed by atoms with Crippen molar-refractivity contribution in [3.8, 4) is 5.75 Å². The lowest BCUT2D eigenvalue weighted by Gasteiger charge is -2.13. The molecule has 3 heteroatoms. The number of rotatable bonds is 6. The predicted octanol–water partition coefficient (Wildman–Crippen LogP) is 2.61. The highest BCUT2D eigenvalue weighted by Gasteiger charge is 2.06. The first kappa shape index (κ1) is 12.8. The van der Waals surface area contributed by atoms with E-state index in [0.29, 0.717) is 5.92 Å². The van der Waals surface area contributed by atoms with Crippen molar-refractivity contribution in [2.45, 2.75) is 26.2 Å². The minimum absolute atomic E-state index is 0.208. The molecule has 16 heavy (non-hydrogen) atoms. The van der Waals surface area contributed by atoms with E-state index in [4.69, 9.17) is 9.84 Å². The van der Waals surface area contributed by atoms with Crippen LogP contribution in [0, 0.1) is 0 Å². The van der Waals surface area contributed by atoms with Gasteiger partial charge in [0.1, 0.15) is 5.75 Å². The zero-order valence-electron chi connectivity index (χ0n) is 10.3. The topological polar surface area (TPSA) is 41.5 Å². The van der Waals surface area contributed by atoms with Gasteiger partial charge < -0.3 is 15.2 Å². The maximum Gasteiger partial charge on any atom is 0.142 e. The lowest BCUT2D eigenvalue weighted by molar-refractivity contribution is 0.292. The van der Waals surface area contributed by atoms with Crippen LogP contribution in [0.4, 0.5) is 5.69 Å². The van der Waals surface area contributed by atoms with E-state index < -0.39 is 0 Å². The Hall–Kier alpha value is -1.22. The SMILES string of the molecule is COc1cc(C(C)C)ccc1NCCCO. The summed E-state index contributed by atoms with van der Waals surface area (Å²) in [7, 11) is 1.68. The molecule has 1 aromatic carbocycles. The summed E-state index contributed by atoms with van der Waals surface area (Å²) in [6.07, 6.45) is 0.745. The molecular formula is C13H21NO2. The van der Waals surface area contributed by atoms with E-state index in [-0.39, 0.29) is 6.61 Å². The fourth-order valence-corrected chi connectivity index (χ4v) is 1.52. The van der Waals surface area contributed by atoms with Crippen molar-refractivity contribution in [2.24, 2.45) is 0 Å². The van der Waals surface area contributed by atoms with Gasteiger partial charge in [0, 0.05) is 13.2 Å². The van der Waals surface area contributed by atoms with Crippen molar-refractivity contribution >= 4 is 5.69 Å². The molecule has 3 nitrogen and oxygen atoms in total. The molecule has 0 saturated carbocycles. The van der Waals surface area contributed by atoms with Crippen LogP contribution in [-0.2, 0) is 0 Å². The van der Waals surface area contributed by atoms with Crippen LogP contribution < -0.4 is 10.1 Å². The number of nitrogens with one attached hydrogen (secondary N) is 1. The number of benzene rings is 1. The molecule has 1 rings (SSSR count). The van der Waals surface area contributed by atoms with E-state index in [0.717, 1.165) is 24.4 Å². The molecule has 90 valence electrons. The first-order valence-corrected chi connectivity index (χ1v) is 5.71. The Labute approximate surface area is 97.4 Å². The van der Waals surface area contributed by atoms with Gasteiger partial charge in [0.05, 0.1) is 12.8 Å². The van der Waals surface area contributed by atoms with Gasteiger partial charge in [0.2, 0.25) is 0 Å². The molecule has 0 radical (unpaired) electrons. The zero-order valence-corrected chi connectivity index (χ0v) is 10.3. The average Bonchev–Trinajstić information content (AvgIpc) is 2.29. The fourth-order valence-electron chi connectivity index (χ4n) is 1.52. The van der Waals surface area contributed by atoms with Gasteiger partial charge >= 0.3 is 0 Å². The van der Waals surface area contributed by atoms with Gasteiger partial charge in [-0.15, -0.1) is 0 Å². The summed E-state index contributed by atoms with van der Waals surface area (Å²) in [5, 5.41) is 12.0. The highest BCUT2D eigenvalue weighted by atomic mass is 16.5. The lowest BCUT2D eigenvalue weighted by atomic mass is 10.0. The second-order valence-electron chi connectivity index (χ2n) is 4.12. The molecule has 1 aromatic rings. The predicted molar refractivity (Wildman–Crippen MR) is 67.3 cm³/mol. The molecular weight excluding hydrogens is 202 g/mol. The monoisotopic (exact) mass is 223 g/mol. The van der Waals surface area contributed by atoms with Crippen LogP contribution in [0.3, 0.4) is 0 Å². The van der Waals surface area contributed by atoms with Crippen LogP contribution in [0.25, 0.3) is 0 Å². The smallest absolute Gasteiger partial charge is 0.142 e. The number of anilines is 1. The maximum absolute atomic E-state index is 8.72. The van der Waals surface area contributed by atoms with E-state index >= 15 is 0 Å². The summed E-state index contributed by atoms with van der Waals surface area (Å²) in [5.41, 5.74) is 2.25. The second-order valence-corrected chi connectivity index (χ2v) is 4.12. The Kier molecular flexibility index (Phi) is 5.12. The molecule has 0 aliphatic heterocycles. The van der Waals surface area contributed by atoms with Gasteiger partial charge in [-0.3, -0.25) is 0 Å². The number of methoxy groups -OCH3 is 1. The largest absolute Gasteiger partial charge is 0.495 e. The number of aliphatic hydroxyl groups is 1. The molecule has 0 amide bonds. The Balaban J connectivity index is 2.76. The lowest BCUT2D eigenvalue weighted by Crippen LogP contribution is -2.05. The summed E-state index contributed by atoms with van der Waals surface area (Å²) in [4.78, 5) is 0. The molecule has 0 spiro atoms. The Morgan fingerprint density at radius 2 is 2.12 bits per heavy atom. The molecule has 0 heterocycles. The minimum Gasteiger partial charge on any atom is -0.495 e. The van der Waals surface area contributed by atoms with Gasteiger partial charge in [-0.2, -0.15) is 0 Å². The third-order valence-corrected chi connectivity index (χ3v) is 2.54. The molecule has 0 aromatic heterocycles. The fraction of sp³-hybridized carbons (Fsp3) is 0.538. The Morgan fingerprint density at radius 3 is 2.69 bits per heavy atom. The quantitative estimate of drug-likeness (QED) is 0.728. The molecule has 0 saturated heterocycles. The first-order valence-electron chi connectivity index (χ1n) is 5.71. The van der Waals surface area contributed by atoms with E-state index in [9.17, 15) is 0 Å². The molecule has 0 fully saturated rings. The van der Waals surface area contributed by atoms with Crippen molar-refractivity contribution in [3.05, 3.63) is 23.8 Å². The third-order valence-electron chi connectivity index (χ3n) is 2.54. The van der Waals surface area contributed by atoms with Crippen LogP contribution in [-0.4, -0.2) is 25.4 Å². The standard InChI is InChI=1S/C13H21NO2/c1-10(2)11-5-6-12(13(9-11)16-3)14-7-4-8-15/h5-6,9-10,14-15H,4,7-8H2,1-3H3. The molecule has 0 aliphatic rings. The summed E-state index contributed by atoms with van der Waals surface area (Å²) in [6.45, 7) is 5.29. The average molecular weight is 223 g/mol. The third kappa shape index (κ3) is 3.42. The van der Waals surface area contributed by atoms with Crippen LogP contribution in [0.1, 0.15) is 31.7 Å². The maximum atomic E-state index is 8.72. The first-order chi connectivity index (χ1) is 7.69. The van der Waals surface area contributed by atoms with Crippen molar-refractivity contribution in [1.29, 1.82) is 0 Å². The van der Waals surface area contributed by atoms with Gasteiger partial charge in [-0.1, -0.05) is 19.9 Å². The van der Waals surface area contributed by atoms with Gasteiger partial charge in [-0.05, 0) is 30.0 Å². The highest BCUT2D eigenvalue weighted by Crippen LogP contribution is 2.28. The number of hydrogen-bond donors (Lipinski definition) is 2. The van der Waals surface area contributed by atoms with Crippen molar-refractivity contribution in [2.75, 3.05) is 25.6 Å². The summed E-state index contributed by atoms with van der Waals surface area (Å²) in [6, 6.07) is 6.20. The van der Waals surface area contributed by atoms with Gasteiger partial charge in [0.15, 0.2) is 0 Å². The van der Waals surface area contributed by atoms with Crippen LogP contribution >= 0.6 is 0 Å². The molecule has 0 atom stereocenters.